The zero-order chi connectivity index (χ0) is 10.8. The van der Waals surface area contributed by atoms with Crippen molar-refractivity contribution in [2.75, 3.05) is 0 Å². The number of nitrogens with zero attached hydrogens (tertiary/aromatic N) is 2. The van der Waals surface area contributed by atoms with Gasteiger partial charge in [-0.25, -0.2) is 8.78 Å². The average Bonchev–Trinajstić information content (AvgIpc) is 2.20. The summed E-state index contributed by atoms with van der Waals surface area (Å²) in [5.74, 6) is -0.857. The first-order valence-electron chi connectivity index (χ1n) is 4.51. The minimum absolute atomic E-state index is 0.103. The molecule has 0 radical (unpaired) electrons. The van der Waals surface area contributed by atoms with Crippen LogP contribution in [0.1, 0.15) is 18.4 Å². The van der Waals surface area contributed by atoms with E-state index >= 15 is 0 Å². The summed E-state index contributed by atoms with van der Waals surface area (Å²) in [6, 6.07) is 3.71. The molecule has 5 heteroatoms. The summed E-state index contributed by atoms with van der Waals surface area (Å²) in [6.45, 7) is 0. The van der Waals surface area contributed by atoms with Crippen LogP contribution in [0.5, 0.6) is 0 Å². The van der Waals surface area contributed by atoms with Crippen molar-refractivity contribution in [1.82, 2.24) is 0 Å². The molecule has 1 heterocycles. The number of nitrogens with two attached hydrogens (primary N) is 1. The first-order valence-corrected chi connectivity index (χ1v) is 4.51. The molecule has 3 nitrogen and oxygen atoms in total. The highest BCUT2D eigenvalue weighted by Gasteiger charge is 2.17. The molecule has 0 spiro atoms. The third-order valence-electron chi connectivity index (χ3n) is 2.17. The lowest BCUT2D eigenvalue weighted by Crippen LogP contribution is -2.19. The summed E-state index contributed by atoms with van der Waals surface area (Å²) in [4.78, 5) is 0. The fraction of sp³-hybridized carbons (Fsp3) is 0.200. The Morgan fingerprint density at radius 1 is 1.07 bits per heavy atom. The van der Waals surface area contributed by atoms with Crippen molar-refractivity contribution in [1.29, 1.82) is 0 Å². The highest BCUT2D eigenvalue weighted by molar-refractivity contribution is 6.04. The van der Waals surface area contributed by atoms with Crippen molar-refractivity contribution in [3.8, 4) is 0 Å². The van der Waals surface area contributed by atoms with Crippen LogP contribution in [0.3, 0.4) is 0 Å². The minimum Gasteiger partial charge on any atom is -0.386 e. The standard InChI is InChI=1S/C10H9F2N3/c11-6-2-1-3-7(12)10(6)8-4-5-9(13)15-14-8/h1-3H,4-5H2,(H2,13,15). The molecule has 78 valence electrons. The molecule has 2 rings (SSSR count). The van der Waals surface area contributed by atoms with Gasteiger partial charge in [-0.05, 0) is 18.6 Å². The van der Waals surface area contributed by atoms with E-state index in [1.165, 1.54) is 18.2 Å². The Hall–Kier alpha value is -1.78. The molecule has 0 amide bonds. The number of hydrogen-bond donors (Lipinski definition) is 1. The fourth-order valence-corrected chi connectivity index (χ4v) is 1.42. The number of amidine groups is 1. The summed E-state index contributed by atoms with van der Waals surface area (Å²) < 4.78 is 26.7. The Labute approximate surface area is 85.3 Å². The van der Waals surface area contributed by atoms with Crippen LogP contribution in [0.25, 0.3) is 0 Å². The molecule has 0 saturated carbocycles. The highest BCUT2D eigenvalue weighted by Crippen LogP contribution is 2.17. The predicted octanol–water partition coefficient (Wildman–Crippen LogP) is 1.82. The maximum absolute atomic E-state index is 13.3. The first kappa shape index (κ1) is 9.76. The molecule has 1 aromatic carbocycles. The zero-order valence-corrected chi connectivity index (χ0v) is 7.87. The van der Waals surface area contributed by atoms with Gasteiger partial charge in [0.25, 0.3) is 0 Å². The van der Waals surface area contributed by atoms with Gasteiger partial charge in [0.05, 0.1) is 11.3 Å². The van der Waals surface area contributed by atoms with Gasteiger partial charge < -0.3 is 5.73 Å². The lowest BCUT2D eigenvalue weighted by molar-refractivity contribution is 0.577. The van der Waals surface area contributed by atoms with Crippen molar-refractivity contribution >= 4 is 11.5 Å². The van der Waals surface area contributed by atoms with Gasteiger partial charge in [-0.1, -0.05) is 6.07 Å². The van der Waals surface area contributed by atoms with Crippen LogP contribution in [0.4, 0.5) is 8.78 Å². The molecule has 0 fully saturated rings. The Morgan fingerprint density at radius 3 is 2.27 bits per heavy atom. The molecular formula is C10H9F2N3. The topological polar surface area (TPSA) is 50.7 Å². The Balaban J connectivity index is 2.46. The number of hydrogen-bond acceptors (Lipinski definition) is 3. The molecule has 15 heavy (non-hydrogen) atoms. The second-order valence-corrected chi connectivity index (χ2v) is 3.23. The van der Waals surface area contributed by atoms with E-state index in [0.717, 1.165) is 0 Å². The lowest BCUT2D eigenvalue weighted by Gasteiger charge is -2.10. The number of rotatable bonds is 1. The fourth-order valence-electron chi connectivity index (χ4n) is 1.42. The van der Waals surface area contributed by atoms with E-state index in [4.69, 9.17) is 5.73 Å². The zero-order valence-electron chi connectivity index (χ0n) is 7.87. The molecule has 0 aromatic heterocycles. The summed E-state index contributed by atoms with van der Waals surface area (Å²) >= 11 is 0. The normalized spacial score (nSPS) is 15.9. The molecular weight excluding hydrogens is 200 g/mol. The van der Waals surface area contributed by atoms with Gasteiger partial charge in [-0.3, -0.25) is 0 Å². The molecule has 0 aliphatic carbocycles. The molecule has 1 aliphatic rings. The number of halogens is 2. The molecule has 0 bridgehead atoms. The van der Waals surface area contributed by atoms with E-state index in [0.29, 0.717) is 24.4 Å². The summed E-state index contributed by atoms with van der Waals surface area (Å²) in [5.41, 5.74) is 5.61. The van der Waals surface area contributed by atoms with Gasteiger partial charge in [-0.15, -0.1) is 5.10 Å². The highest BCUT2D eigenvalue weighted by atomic mass is 19.1. The van der Waals surface area contributed by atoms with Gasteiger partial charge in [-0.2, -0.15) is 5.10 Å². The molecule has 2 N–H and O–H groups in total. The van der Waals surface area contributed by atoms with Crippen LogP contribution in [0.15, 0.2) is 28.4 Å². The van der Waals surface area contributed by atoms with Crippen molar-refractivity contribution in [3.05, 3.63) is 35.4 Å². The monoisotopic (exact) mass is 209 g/mol. The predicted molar refractivity (Wildman–Crippen MR) is 53.8 cm³/mol. The van der Waals surface area contributed by atoms with Crippen LogP contribution in [0, 0.1) is 11.6 Å². The molecule has 0 unspecified atom stereocenters. The third kappa shape index (κ3) is 1.86. The van der Waals surface area contributed by atoms with Gasteiger partial charge >= 0.3 is 0 Å². The van der Waals surface area contributed by atoms with Crippen LogP contribution in [0.2, 0.25) is 0 Å². The van der Waals surface area contributed by atoms with E-state index in [1.807, 2.05) is 0 Å². The van der Waals surface area contributed by atoms with Crippen LogP contribution >= 0.6 is 0 Å². The van der Waals surface area contributed by atoms with E-state index in [1.54, 1.807) is 0 Å². The Bertz CT molecular complexity index is 432. The second-order valence-electron chi connectivity index (χ2n) is 3.23. The third-order valence-corrected chi connectivity index (χ3v) is 2.17. The second kappa shape index (κ2) is 3.76. The number of benzene rings is 1. The maximum Gasteiger partial charge on any atom is 0.135 e. The Morgan fingerprint density at radius 2 is 1.73 bits per heavy atom. The minimum atomic E-state index is -0.621. The van der Waals surface area contributed by atoms with E-state index in [-0.39, 0.29) is 5.56 Å². The first-order chi connectivity index (χ1) is 7.18. The van der Waals surface area contributed by atoms with Gasteiger partial charge in [0.15, 0.2) is 0 Å². The quantitative estimate of drug-likeness (QED) is 0.753. The van der Waals surface area contributed by atoms with Crippen LogP contribution in [-0.2, 0) is 0 Å². The van der Waals surface area contributed by atoms with Gasteiger partial charge in [0, 0.05) is 6.42 Å². The summed E-state index contributed by atoms with van der Waals surface area (Å²) in [7, 11) is 0. The van der Waals surface area contributed by atoms with Crippen LogP contribution in [-0.4, -0.2) is 11.5 Å². The SMILES string of the molecule is NC1=NN=C(c2c(F)cccc2F)CC1. The van der Waals surface area contributed by atoms with Gasteiger partial charge in [0.2, 0.25) is 0 Å². The van der Waals surface area contributed by atoms with Crippen molar-refractivity contribution in [2.45, 2.75) is 12.8 Å². The maximum atomic E-state index is 13.3. The molecule has 1 aromatic rings. The van der Waals surface area contributed by atoms with Crippen molar-refractivity contribution in [2.24, 2.45) is 15.9 Å². The van der Waals surface area contributed by atoms with E-state index in [9.17, 15) is 8.78 Å². The van der Waals surface area contributed by atoms with Gasteiger partial charge in [0.1, 0.15) is 17.5 Å². The van der Waals surface area contributed by atoms with Crippen LogP contribution < -0.4 is 5.73 Å². The molecule has 0 saturated heterocycles. The molecule has 0 atom stereocenters. The van der Waals surface area contributed by atoms with E-state index in [2.05, 4.69) is 10.2 Å². The van der Waals surface area contributed by atoms with Crippen molar-refractivity contribution < 1.29 is 8.78 Å². The molecule has 1 aliphatic heterocycles. The lowest BCUT2D eigenvalue weighted by atomic mass is 10.0. The van der Waals surface area contributed by atoms with E-state index < -0.39 is 11.6 Å². The smallest absolute Gasteiger partial charge is 0.135 e. The Kier molecular flexibility index (Phi) is 2.45. The largest absolute Gasteiger partial charge is 0.386 e. The van der Waals surface area contributed by atoms with Crippen molar-refractivity contribution in [3.63, 3.8) is 0 Å². The summed E-state index contributed by atoms with van der Waals surface area (Å²) in [5, 5.41) is 7.32. The average molecular weight is 209 g/mol. The summed E-state index contributed by atoms with van der Waals surface area (Å²) in [6.07, 6.45) is 0.889.